The van der Waals surface area contributed by atoms with E-state index in [1.54, 1.807) is 0 Å². The number of hydrogen-bond acceptors (Lipinski definition) is 4. The van der Waals surface area contributed by atoms with E-state index in [4.69, 9.17) is 9.47 Å². The van der Waals surface area contributed by atoms with Gasteiger partial charge in [-0.25, -0.2) is 0 Å². The molecule has 2 heterocycles. The molecule has 22 heavy (non-hydrogen) atoms. The highest BCUT2D eigenvalue weighted by atomic mass is 16.8. The van der Waals surface area contributed by atoms with Crippen LogP contribution < -0.4 is 0 Å². The second-order valence-corrected chi connectivity index (χ2v) is 7.83. The summed E-state index contributed by atoms with van der Waals surface area (Å²) in [5.41, 5.74) is 0.224. The van der Waals surface area contributed by atoms with Crippen molar-refractivity contribution in [3.05, 3.63) is 35.9 Å². The van der Waals surface area contributed by atoms with Gasteiger partial charge in [-0.3, -0.25) is 4.90 Å². The van der Waals surface area contributed by atoms with E-state index < -0.39 is 11.4 Å². The Morgan fingerprint density at radius 3 is 2.68 bits per heavy atom. The second kappa shape index (κ2) is 4.54. The summed E-state index contributed by atoms with van der Waals surface area (Å²) < 4.78 is 12.5. The van der Waals surface area contributed by atoms with Gasteiger partial charge in [0.1, 0.15) is 5.60 Å². The lowest BCUT2D eigenvalue weighted by Gasteiger charge is -2.32. The van der Waals surface area contributed by atoms with E-state index in [0.29, 0.717) is 6.42 Å². The number of hydrogen-bond donors (Lipinski definition) is 1. The number of benzene rings is 1. The molecule has 0 unspecified atom stereocenters. The Kier molecular flexibility index (Phi) is 3.02. The molecule has 1 aliphatic carbocycles. The van der Waals surface area contributed by atoms with E-state index in [9.17, 15) is 5.11 Å². The third kappa shape index (κ3) is 2.13. The standard InChI is InChI=1S/C18H25NO3/c1-16(2)21-15-9-17(3,20)14-11-19(12-18(14,15)22-16)10-13-7-5-4-6-8-13/h4-8,14-15,20H,9-12H2,1-3H3/t14-,15-,17+,18+/m1/s1. The lowest BCUT2D eigenvalue weighted by molar-refractivity contribution is -0.188. The summed E-state index contributed by atoms with van der Waals surface area (Å²) in [5.74, 6) is -0.446. The predicted octanol–water partition coefficient (Wildman–Crippen LogP) is 2.16. The summed E-state index contributed by atoms with van der Waals surface area (Å²) in [6, 6.07) is 10.5. The topological polar surface area (TPSA) is 41.9 Å². The number of likely N-dealkylation sites (tertiary alicyclic amines) is 1. The van der Waals surface area contributed by atoms with Gasteiger partial charge in [0.2, 0.25) is 0 Å². The Hall–Kier alpha value is -0.940. The Labute approximate surface area is 132 Å². The quantitative estimate of drug-likeness (QED) is 0.909. The highest BCUT2D eigenvalue weighted by Gasteiger charge is 2.70. The molecule has 2 aliphatic heterocycles. The lowest BCUT2D eigenvalue weighted by Crippen LogP contribution is -2.46. The van der Waals surface area contributed by atoms with Crippen molar-refractivity contribution < 1.29 is 14.6 Å². The van der Waals surface area contributed by atoms with E-state index in [0.717, 1.165) is 19.6 Å². The van der Waals surface area contributed by atoms with Gasteiger partial charge in [-0.1, -0.05) is 30.3 Å². The van der Waals surface area contributed by atoms with Crippen molar-refractivity contribution in [3.63, 3.8) is 0 Å². The fourth-order valence-corrected chi connectivity index (χ4v) is 4.77. The molecule has 1 N–H and O–H groups in total. The molecule has 3 fully saturated rings. The van der Waals surface area contributed by atoms with E-state index in [-0.39, 0.29) is 17.6 Å². The van der Waals surface area contributed by atoms with Gasteiger partial charge in [-0.2, -0.15) is 0 Å². The van der Waals surface area contributed by atoms with Crippen LogP contribution in [-0.2, 0) is 16.0 Å². The fourth-order valence-electron chi connectivity index (χ4n) is 4.77. The van der Waals surface area contributed by atoms with E-state index in [1.807, 2.05) is 26.8 Å². The van der Waals surface area contributed by atoms with Crippen LogP contribution in [0.5, 0.6) is 0 Å². The summed E-state index contributed by atoms with van der Waals surface area (Å²) >= 11 is 0. The van der Waals surface area contributed by atoms with Gasteiger partial charge in [-0.05, 0) is 26.3 Å². The van der Waals surface area contributed by atoms with Crippen molar-refractivity contribution in [1.82, 2.24) is 4.90 Å². The van der Waals surface area contributed by atoms with Crippen molar-refractivity contribution in [1.29, 1.82) is 0 Å². The molecular weight excluding hydrogens is 278 g/mol. The molecule has 2 saturated heterocycles. The first-order valence-electron chi connectivity index (χ1n) is 8.17. The van der Waals surface area contributed by atoms with E-state index in [1.165, 1.54) is 5.56 Å². The van der Waals surface area contributed by atoms with Crippen molar-refractivity contribution >= 4 is 0 Å². The smallest absolute Gasteiger partial charge is 0.164 e. The summed E-state index contributed by atoms with van der Waals surface area (Å²) in [4.78, 5) is 2.39. The number of nitrogens with zero attached hydrogens (tertiary/aromatic N) is 1. The van der Waals surface area contributed by atoms with Gasteiger partial charge >= 0.3 is 0 Å². The maximum atomic E-state index is 10.8. The summed E-state index contributed by atoms with van der Waals surface area (Å²) in [6.07, 6.45) is 0.656. The minimum Gasteiger partial charge on any atom is -0.390 e. The molecule has 0 amide bonds. The highest BCUT2D eigenvalue weighted by molar-refractivity contribution is 5.21. The van der Waals surface area contributed by atoms with Gasteiger partial charge in [0.25, 0.3) is 0 Å². The molecule has 0 aromatic heterocycles. The van der Waals surface area contributed by atoms with Crippen LogP contribution in [0.15, 0.2) is 30.3 Å². The van der Waals surface area contributed by atoms with Gasteiger partial charge in [0, 0.05) is 32.0 Å². The molecule has 4 rings (SSSR count). The number of rotatable bonds is 2. The van der Waals surface area contributed by atoms with Crippen LogP contribution in [0.3, 0.4) is 0 Å². The number of ether oxygens (including phenoxy) is 2. The predicted molar refractivity (Wildman–Crippen MR) is 83.2 cm³/mol. The van der Waals surface area contributed by atoms with Crippen LogP contribution >= 0.6 is 0 Å². The Balaban J connectivity index is 1.60. The van der Waals surface area contributed by atoms with Crippen molar-refractivity contribution in [3.8, 4) is 0 Å². The van der Waals surface area contributed by atoms with Gasteiger partial charge in [0.05, 0.1) is 11.7 Å². The molecule has 1 aromatic carbocycles. The SMILES string of the molecule is CC1(C)O[C@@H]2C[C@](C)(O)[C@H]3CN(Cc4ccccc4)C[C@@]23O1. The Morgan fingerprint density at radius 1 is 1.23 bits per heavy atom. The molecule has 1 spiro atoms. The monoisotopic (exact) mass is 303 g/mol. The first-order chi connectivity index (χ1) is 10.3. The first kappa shape index (κ1) is 14.6. The zero-order chi connectivity index (χ0) is 15.6. The third-order valence-corrected chi connectivity index (χ3v) is 5.51. The summed E-state index contributed by atoms with van der Waals surface area (Å²) in [7, 11) is 0. The van der Waals surface area contributed by atoms with E-state index in [2.05, 4.69) is 29.2 Å². The third-order valence-electron chi connectivity index (χ3n) is 5.51. The molecule has 4 nitrogen and oxygen atoms in total. The van der Waals surface area contributed by atoms with Crippen molar-refractivity contribution in [2.75, 3.05) is 13.1 Å². The van der Waals surface area contributed by atoms with Crippen LogP contribution in [0, 0.1) is 5.92 Å². The second-order valence-electron chi connectivity index (χ2n) is 7.83. The highest BCUT2D eigenvalue weighted by Crippen LogP contribution is 2.57. The molecule has 4 heteroatoms. The van der Waals surface area contributed by atoms with Gasteiger partial charge < -0.3 is 14.6 Å². The van der Waals surface area contributed by atoms with Crippen LogP contribution in [0.1, 0.15) is 32.8 Å². The van der Waals surface area contributed by atoms with Gasteiger partial charge in [0.15, 0.2) is 5.79 Å². The normalized spacial score (nSPS) is 43.3. The van der Waals surface area contributed by atoms with Crippen molar-refractivity contribution in [2.45, 2.75) is 56.8 Å². The molecule has 120 valence electrons. The maximum Gasteiger partial charge on any atom is 0.164 e. The van der Waals surface area contributed by atoms with Crippen LogP contribution in [0.4, 0.5) is 0 Å². The van der Waals surface area contributed by atoms with Crippen LogP contribution in [0.25, 0.3) is 0 Å². The van der Waals surface area contributed by atoms with Crippen LogP contribution in [0.2, 0.25) is 0 Å². The largest absolute Gasteiger partial charge is 0.390 e. The number of aliphatic hydroxyl groups is 1. The molecule has 0 bridgehead atoms. The zero-order valence-electron chi connectivity index (χ0n) is 13.6. The minimum atomic E-state index is -0.716. The van der Waals surface area contributed by atoms with Gasteiger partial charge in [-0.15, -0.1) is 0 Å². The molecule has 1 saturated carbocycles. The van der Waals surface area contributed by atoms with E-state index >= 15 is 0 Å². The van der Waals surface area contributed by atoms with Crippen LogP contribution in [-0.4, -0.2) is 46.2 Å². The Bertz CT molecular complexity index is 571. The minimum absolute atomic E-state index is 0.0109. The molecule has 1 aromatic rings. The zero-order valence-corrected chi connectivity index (χ0v) is 13.6. The molecule has 0 radical (unpaired) electrons. The molecule has 4 atom stereocenters. The maximum absolute atomic E-state index is 10.8. The molecular formula is C18H25NO3. The molecule has 3 aliphatic rings. The summed E-state index contributed by atoms with van der Waals surface area (Å²) in [5, 5.41) is 10.8. The van der Waals surface area contributed by atoms with Crippen molar-refractivity contribution in [2.24, 2.45) is 5.92 Å². The first-order valence-corrected chi connectivity index (χ1v) is 8.17. The average molecular weight is 303 g/mol. The fraction of sp³-hybridized carbons (Fsp3) is 0.667. The lowest BCUT2D eigenvalue weighted by atomic mass is 9.86. The summed E-state index contributed by atoms with van der Waals surface area (Å²) in [6.45, 7) is 8.47. The Morgan fingerprint density at radius 2 is 1.95 bits per heavy atom. The average Bonchev–Trinajstić information content (AvgIpc) is 2.94.